The van der Waals surface area contributed by atoms with Gasteiger partial charge in [-0.3, -0.25) is 4.79 Å². The van der Waals surface area contributed by atoms with Crippen LogP contribution in [0.3, 0.4) is 0 Å². The quantitative estimate of drug-likeness (QED) is 0.0609. The molecule has 0 spiro atoms. The highest BCUT2D eigenvalue weighted by atomic mass is 35.5. The Kier molecular flexibility index (Phi) is 18.1. The van der Waals surface area contributed by atoms with Crippen molar-refractivity contribution in [2.75, 3.05) is 31.5 Å². The molecule has 1 N–H and O–H groups in total. The minimum absolute atomic E-state index is 0. The molecule has 0 radical (unpaired) electrons. The summed E-state index contributed by atoms with van der Waals surface area (Å²) in [5.74, 6) is -1.11. The molecule has 0 saturated carbocycles. The molecule has 14 nitrogen and oxygen atoms in total. The third kappa shape index (κ3) is 12.9. The molecule has 2 aliphatic rings. The van der Waals surface area contributed by atoms with E-state index in [-0.39, 0.29) is 81.5 Å². The van der Waals surface area contributed by atoms with Crippen molar-refractivity contribution in [2.24, 2.45) is 0 Å². The van der Waals surface area contributed by atoms with Crippen LogP contribution < -0.4 is 10.1 Å². The number of nitrogens with one attached hydrogen (secondary N) is 1. The van der Waals surface area contributed by atoms with Crippen molar-refractivity contribution in [3.05, 3.63) is 133 Å². The van der Waals surface area contributed by atoms with Crippen LogP contribution in [0.25, 0.3) is 0 Å². The van der Waals surface area contributed by atoms with E-state index in [2.05, 4.69) is 25.7 Å². The Bertz CT molecular complexity index is 2600. The summed E-state index contributed by atoms with van der Waals surface area (Å²) in [5, 5.41) is 17.2. The van der Waals surface area contributed by atoms with Crippen LogP contribution in [0.2, 0.25) is 0 Å². The van der Waals surface area contributed by atoms with E-state index >= 15 is 8.78 Å². The molecule has 0 atom stereocenters. The highest BCUT2D eigenvalue weighted by Gasteiger charge is 2.57. The van der Waals surface area contributed by atoms with Crippen LogP contribution in [-0.2, 0) is 30.9 Å². The number of hydrogen-bond acceptors (Lipinski definition) is 12. The summed E-state index contributed by atoms with van der Waals surface area (Å²) in [4.78, 5) is 24.8. The number of nitrogens with zero attached hydrogens (tertiary/aromatic N) is 6. The van der Waals surface area contributed by atoms with Gasteiger partial charge in [0, 0.05) is 45.2 Å². The smallest absolute Gasteiger partial charge is 0.321 e. The maximum absolute atomic E-state index is 15.8. The van der Waals surface area contributed by atoms with E-state index in [0.717, 1.165) is 29.8 Å². The Hall–Kier alpha value is -5.57. The zero-order valence-electron chi connectivity index (χ0n) is 36.6. The number of ether oxygens (including phenoxy) is 1. The molecule has 2 saturated heterocycles. The van der Waals surface area contributed by atoms with Crippen molar-refractivity contribution in [3.63, 3.8) is 0 Å². The fourth-order valence-corrected chi connectivity index (χ4v) is 11.0. The second-order valence-corrected chi connectivity index (χ2v) is 22.0. The monoisotopic (exact) mass is 991 g/mol. The van der Waals surface area contributed by atoms with Gasteiger partial charge in [0.05, 0.1) is 40.5 Å². The van der Waals surface area contributed by atoms with E-state index in [1.165, 1.54) is 73.7 Å². The van der Waals surface area contributed by atoms with Crippen molar-refractivity contribution in [3.8, 4) is 5.75 Å². The number of likely N-dealkylation sites (tertiary alicyclic amines) is 1. The van der Waals surface area contributed by atoms with E-state index in [9.17, 15) is 35.2 Å². The first-order valence-corrected chi connectivity index (χ1v) is 23.9. The fourth-order valence-electron chi connectivity index (χ4n) is 7.25. The van der Waals surface area contributed by atoms with E-state index in [1.807, 2.05) is 18.2 Å². The number of aromatic nitrogens is 4. The molecule has 3 aromatic carbocycles. The zero-order valence-corrected chi connectivity index (χ0v) is 39.0. The van der Waals surface area contributed by atoms with Gasteiger partial charge in [0.15, 0.2) is 19.7 Å². The Balaban J connectivity index is 0.000000228. The van der Waals surface area contributed by atoms with Crippen molar-refractivity contribution >= 4 is 49.1 Å². The van der Waals surface area contributed by atoms with E-state index in [0.29, 0.717) is 11.4 Å². The van der Waals surface area contributed by atoms with E-state index in [4.69, 9.17) is 16.5 Å². The van der Waals surface area contributed by atoms with Crippen molar-refractivity contribution < 1.29 is 48.7 Å². The normalized spacial score (nSPS) is 16.1. The van der Waals surface area contributed by atoms with Crippen LogP contribution in [0.15, 0.2) is 126 Å². The molecule has 362 valence electrons. The zero-order chi connectivity index (χ0) is 48.4. The van der Waals surface area contributed by atoms with Gasteiger partial charge in [0.25, 0.3) is 0 Å². The number of piperidine rings is 2. The summed E-state index contributed by atoms with van der Waals surface area (Å²) >= 11 is 5.81. The molecule has 2 amide bonds. The topological polar surface area (TPSA) is 182 Å². The summed E-state index contributed by atoms with van der Waals surface area (Å²) in [5.41, 5.74) is -2.73. The molecule has 7 rings (SSSR count). The van der Waals surface area contributed by atoms with Gasteiger partial charge in [0.2, 0.25) is 0 Å². The standard InChI is InChI=1S/C19H22F2N4O3S.C14H18ClF2NO2S.C12H10N2O2.CH4/c1-18(2,29(27,28)16-5-3-4-14(20)12-16)19(21)7-10-25(11-8-19)17(26)24-15-6-9-22-23-13-15;1-13(2,14(17)6-8-18(15)9-7-14)21(19,20)12-5-3-4-11(16)10-12;15-12(8-10-6-7-13-14-9-10)16-11-4-2-1-3-5-11;/h3-6,9,12-13H,7-8,10-11H2,1-2H3,(H,22,24,26);3-5,10H,6-9H2,1-2H3;1-7,9H,8H2;1H4. The Morgan fingerprint density at radius 2 is 1.16 bits per heavy atom. The number of hydrogen-bond donors (Lipinski definition) is 1. The molecule has 0 unspecified atom stereocenters. The second-order valence-electron chi connectivity index (χ2n) is 16.5. The highest BCUT2D eigenvalue weighted by molar-refractivity contribution is 7.93. The first-order valence-electron chi connectivity index (χ1n) is 20.6. The first-order chi connectivity index (χ1) is 31.0. The van der Waals surface area contributed by atoms with Crippen LogP contribution in [0.1, 0.15) is 66.4 Å². The minimum Gasteiger partial charge on any atom is -0.426 e. The van der Waals surface area contributed by atoms with Crippen molar-refractivity contribution in [2.45, 2.75) is 97.8 Å². The maximum Gasteiger partial charge on any atom is 0.321 e. The highest BCUT2D eigenvalue weighted by Crippen LogP contribution is 2.45. The molecule has 21 heteroatoms. The number of rotatable bonds is 10. The van der Waals surface area contributed by atoms with Gasteiger partial charge >= 0.3 is 12.0 Å². The van der Waals surface area contributed by atoms with Gasteiger partial charge in [0.1, 0.15) is 38.2 Å². The number of benzene rings is 3. The number of carbonyl (C=O) groups is 2. The lowest BCUT2D eigenvalue weighted by atomic mass is 9.82. The average Bonchev–Trinajstić information content (AvgIpc) is 3.29. The first kappa shape index (κ1) is 54.0. The largest absolute Gasteiger partial charge is 0.426 e. The third-order valence-corrected chi connectivity index (χ3v) is 17.4. The van der Waals surface area contributed by atoms with Gasteiger partial charge in [-0.05, 0) is 119 Å². The summed E-state index contributed by atoms with van der Waals surface area (Å²) < 4.78 is 113. The molecule has 0 aliphatic carbocycles. The number of sulfone groups is 2. The predicted molar refractivity (Wildman–Crippen MR) is 246 cm³/mol. The van der Waals surface area contributed by atoms with Gasteiger partial charge in [-0.25, -0.2) is 43.6 Å². The Morgan fingerprint density at radius 1 is 0.687 bits per heavy atom. The summed E-state index contributed by atoms with van der Waals surface area (Å²) in [6, 6.07) is 21.1. The van der Waals surface area contributed by atoms with Crippen LogP contribution in [-0.4, -0.2) is 106 Å². The summed E-state index contributed by atoms with van der Waals surface area (Å²) in [7, 11) is -8.17. The molecule has 2 fully saturated rings. The van der Waals surface area contributed by atoms with Crippen molar-refractivity contribution in [1.29, 1.82) is 0 Å². The lowest BCUT2D eigenvalue weighted by Gasteiger charge is -2.45. The molecular formula is C46H54ClF4N7O7S2. The van der Waals surface area contributed by atoms with Crippen LogP contribution in [0.5, 0.6) is 5.75 Å². The Morgan fingerprint density at radius 3 is 1.61 bits per heavy atom. The number of anilines is 1. The SMILES string of the molecule is C.CC(C)(C1(F)CCN(C(=O)Nc2ccnnc2)CC1)S(=O)(=O)c1cccc(F)c1.CC(C)(C1(F)CCN(Cl)CC1)S(=O)(=O)c1cccc(F)c1.O=C(Cc1ccnnc1)Oc1ccccc1. The summed E-state index contributed by atoms with van der Waals surface area (Å²) in [6.07, 6.45) is 5.85. The lowest BCUT2D eigenvalue weighted by Crippen LogP contribution is -2.58. The number of carbonyl (C=O) groups excluding carboxylic acids is 2. The molecule has 2 aromatic heterocycles. The molecular weight excluding hydrogens is 938 g/mol. The van der Waals surface area contributed by atoms with Gasteiger partial charge < -0.3 is 15.0 Å². The van der Waals surface area contributed by atoms with Crippen LogP contribution in [0, 0.1) is 11.6 Å². The number of esters is 1. The number of amides is 2. The number of para-hydroxylation sites is 1. The fraction of sp³-hybridized carbons (Fsp3) is 0.391. The van der Waals surface area contributed by atoms with Gasteiger partial charge in [-0.2, -0.15) is 20.4 Å². The van der Waals surface area contributed by atoms with E-state index in [1.54, 1.807) is 36.7 Å². The summed E-state index contributed by atoms with van der Waals surface area (Å²) in [6.45, 7) is 5.98. The van der Waals surface area contributed by atoms with Gasteiger partial charge in [-0.1, -0.05) is 37.8 Å². The van der Waals surface area contributed by atoms with Crippen LogP contribution >= 0.6 is 11.8 Å². The molecule has 67 heavy (non-hydrogen) atoms. The van der Waals surface area contributed by atoms with Gasteiger partial charge in [-0.15, -0.1) is 0 Å². The minimum atomic E-state index is -4.15. The molecule has 2 aliphatic heterocycles. The third-order valence-electron chi connectivity index (χ3n) is 11.9. The number of alkyl halides is 2. The Labute approximate surface area is 394 Å². The molecule has 0 bridgehead atoms. The lowest BCUT2D eigenvalue weighted by molar-refractivity contribution is -0.133. The van der Waals surface area contributed by atoms with Crippen molar-refractivity contribution in [1.82, 2.24) is 29.7 Å². The number of urea groups is 1. The second kappa shape index (κ2) is 22.5. The maximum atomic E-state index is 15.8. The average molecular weight is 993 g/mol. The molecule has 4 heterocycles. The van der Waals surface area contributed by atoms with E-state index < -0.39 is 58.2 Å². The number of halogens is 5. The van der Waals surface area contributed by atoms with Crippen LogP contribution in [0.4, 0.5) is 28.0 Å². The molecule has 5 aromatic rings. The predicted octanol–water partition coefficient (Wildman–Crippen LogP) is 8.80.